The number of hydrogen-bond acceptors (Lipinski definition) is 1. The number of benzene rings is 2. The highest BCUT2D eigenvalue weighted by molar-refractivity contribution is 6.64. The van der Waals surface area contributed by atoms with E-state index >= 15 is 0 Å². The van der Waals surface area contributed by atoms with Crippen molar-refractivity contribution in [3.8, 4) is 0 Å². The van der Waals surface area contributed by atoms with E-state index in [2.05, 4.69) is 66.0 Å². The van der Waals surface area contributed by atoms with E-state index in [1.165, 1.54) is 11.0 Å². The molecule has 0 atom stereocenters. The van der Waals surface area contributed by atoms with Gasteiger partial charge in [0.15, 0.2) is 0 Å². The third-order valence-corrected chi connectivity index (χ3v) is 5.21. The van der Waals surface area contributed by atoms with Gasteiger partial charge in [0.1, 0.15) is 23.5 Å². The minimum absolute atomic E-state index is 0.149. The fourth-order valence-corrected chi connectivity index (χ4v) is 2.99. The van der Waals surface area contributed by atoms with Crippen LogP contribution in [-0.2, 0) is 5.41 Å². The minimum Gasteiger partial charge on any atom is -0.355 e. The van der Waals surface area contributed by atoms with Gasteiger partial charge in [0, 0.05) is 5.69 Å². The molecule has 0 unspecified atom stereocenters. The number of anilines is 2. The fourth-order valence-electron chi connectivity index (χ4n) is 2.42. The molecule has 1 nitrogen and oxygen atoms in total. The lowest BCUT2D eigenvalue weighted by atomic mass is 9.71. The van der Waals surface area contributed by atoms with E-state index in [-0.39, 0.29) is 5.41 Å². The molecule has 0 saturated heterocycles. The topological polar surface area (TPSA) is 12.0 Å². The molecule has 0 bridgehead atoms. The fraction of sp³-hybridized carbons (Fsp3) is 0.250. The molecule has 0 radical (unpaired) electrons. The van der Waals surface area contributed by atoms with Crippen molar-refractivity contribution in [1.29, 1.82) is 0 Å². The van der Waals surface area contributed by atoms with Gasteiger partial charge in [0.25, 0.3) is 0 Å². The summed E-state index contributed by atoms with van der Waals surface area (Å²) in [6.45, 7) is 6.62. The summed E-state index contributed by atoms with van der Waals surface area (Å²) in [6.07, 6.45) is 0. The van der Waals surface area contributed by atoms with Crippen LogP contribution in [0.2, 0.25) is 10.0 Å². The average Bonchev–Trinajstić information content (AvgIpc) is 2.47. The Balaban J connectivity index is 2.40. The Morgan fingerprint density at radius 1 is 0.818 bits per heavy atom. The van der Waals surface area contributed by atoms with Crippen molar-refractivity contribution < 1.29 is 0 Å². The van der Waals surface area contributed by atoms with Gasteiger partial charge < -0.3 is 5.32 Å². The molecular weight excluding hydrogens is 310 g/mol. The summed E-state index contributed by atoms with van der Waals surface area (Å²) in [5.74, 6) is 0. The van der Waals surface area contributed by atoms with Crippen LogP contribution in [0.25, 0.3) is 0 Å². The highest BCUT2D eigenvalue weighted by Gasteiger charge is 2.16. The van der Waals surface area contributed by atoms with Crippen LogP contribution >= 0.6 is 23.2 Å². The molecule has 6 heteroatoms. The molecular formula is C16H20B3Cl2N. The Kier molecular flexibility index (Phi) is 4.94. The summed E-state index contributed by atoms with van der Waals surface area (Å²) in [5, 5.41) is 4.62. The Morgan fingerprint density at radius 2 is 1.36 bits per heavy atom. The molecule has 2 aromatic rings. The van der Waals surface area contributed by atoms with Gasteiger partial charge >= 0.3 is 0 Å². The van der Waals surface area contributed by atoms with Crippen molar-refractivity contribution in [1.82, 2.24) is 0 Å². The Labute approximate surface area is 146 Å². The van der Waals surface area contributed by atoms with E-state index in [1.807, 2.05) is 7.85 Å². The van der Waals surface area contributed by atoms with Crippen molar-refractivity contribution in [3.05, 3.63) is 39.9 Å². The Hall–Kier alpha value is -0.985. The van der Waals surface area contributed by atoms with E-state index in [4.69, 9.17) is 23.2 Å². The highest BCUT2D eigenvalue weighted by Crippen LogP contribution is 2.29. The molecule has 0 spiro atoms. The first-order valence-corrected chi connectivity index (χ1v) is 8.21. The third kappa shape index (κ3) is 3.34. The van der Waals surface area contributed by atoms with E-state index < -0.39 is 0 Å². The maximum atomic E-state index is 6.44. The van der Waals surface area contributed by atoms with Crippen LogP contribution in [0.4, 0.5) is 11.4 Å². The SMILES string of the molecule is Bc1c(B)c(Cl)c(Cl)c(Nc2ccc(C(C)(C)C)cc2)c1B. The third-order valence-electron chi connectivity index (χ3n) is 4.26. The van der Waals surface area contributed by atoms with Gasteiger partial charge in [0.05, 0.1) is 15.7 Å². The van der Waals surface area contributed by atoms with Gasteiger partial charge in [-0.15, -0.1) is 0 Å². The lowest BCUT2D eigenvalue weighted by molar-refractivity contribution is 0.590. The predicted octanol–water partition coefficient (Wildman–Crippen LogP) is 0.810. The first-order chi connectivity index (χ1) is 10.1. The monoisotopic (exact) mass is 329 g/mol. The summed E-state index contributed by atoms with van der Waals surface area (Å²) >= 11 is 12.8. The molecule has 0 heterocycles. The standard InChI is InChI=1S/C16H20B3Cl2N/c1-16(2,3)8-4-6-9(7-5-8)22-15-12(19)10(17)11(18)13(20)14(15)21/h4-7,22H,17-19H2,1-3H3. The average molecular weight is 330 g/mol. The summed E-state index contributed by atoms with van der Waals surface area (Å²) in [4.78, 5) is 0. The van der Waals surface area contributed by atoms with Crippen LogP contribution < -0.4 is 21.7 Å². The number of halogens is 2. The number of nitrogens with one attached hydrogen (secondary N) is 1. The van der Waals surface area contributed by atoms with Crippen LogP contribution in [0.1, 0.15) is 26.3 Å². The zero-order chi connectivity index (χ0) is 16.7. The molecule has 1 N–H and O–H groups in total. The summed E-state index contributed by atoms with van der Waals surface area (Å²) in [7, 11) is 6.13. The molecule has 0 aliphatic carbocycles. The lowest BCUT2D eigenvalue weighted by Crippen LogP contribution is -2.41. The lowest BCUT2D eigenvalue weighted by Gasteiger charge is -2.21. The highest BCUT2D eigenvalue weighted by atomic mass is 35.5. The van der Waals surface area contributed by atoms with Gasteiger partial charge in [0.2, 0.25) is 0 Å². The van der Waals surface area contributed by atoms with E-state index in [9.17, 15) is 0 Å². The summed E-state index contributed by atoms with van der Waals surface area (Å²) in [6, 6.07) is 8.46. The second-order valence-electron chi connectivity index (χ2n) is 6.83. The van der Waals surface area contributed by atoms with Gasteiger partial charge in [-0.2, -0.15) is 0 Å². The molecule has 112 valence electrons. The molecule has 2 rings (SSSR count). The van der Waals surface area contributed by atoms with Gasteiger partial charge in [-0.1, -0.05) is 72.5 Å². The second-order valence-corrected chi connectivity index (χ2v) is 7.59. The smallest absolute Gasteiger partial charge is 0.141 e. The molecule has 0 aromatic heterocycles. The number of hydrogen-bond donors (Lipinski definition) is 1. The minimum atomic E-state index is 0.149. The molecule has 22 heavy (non-hydrogen) atoms. The summed E-state index contributed by atoms with van der Waals surface area (Å²) < 4.78 is 0. The quantitative estimate of drug-likeness (QED) is 0.804. The van der Waals surface area contributed by atoms with Gasteiger partial charge in [-0.25, -0.2) is 0 Å². The van der Waals surface area contributed by atoms with Crippen LogP contribution in [-0.4, -0.2) is 23.5 Å². The maximum absolute atomic E-state index is 6.44. The van der Waals surface area contributed by atoms with Crippen molar-refractivity contribution in [3.63, 3.8) is 0 Å². The Bertz CT molecular complexity index is 678. The molecule has 0 amide bonds. The molecule has 0 saturated carbocycles. The first-order valence-electron chi connectivity index (χ1n) is 7.45. The zero-order valence-corrected chi connectivity index (χ0v) is 15.6. The number of rotatable bonds is 2. The van der Waals surface area contributed by atoms with Gasteiger partial charge in [-0.05, 0) is 23.1 Å². The van der Waals surface area contributed by atoms with Crippen LogP contribution in [0.15, 0.2) is 24.3 Å². The van der Waals surface area contributed by atoms with Crippen LogP contribution in [0.5, 0.6) is 0 Å². The zero-order valence-electron chi connectivity index (χ0n) is 14.1. The second kappa shape index (κ2) is 6.25. The molecule has 0 aliphatic rings. The van der Waals surface area contributed by atoms with E-state index in [1.54, 1.807) is 0 Å². The maximum Gasteiger partial charge on any atom is 0.141 e. The normalized spacial score (nSPS) is 11.5. The Morgan fingerprint density at radius 3 is 1.86 bits per heavy atom. The molecule has 0 fully saturated rings. The van der Waals surface area contributed by atoms with Gasteiger partial charge in [-0.3, -0.25) is 0 Å². The predicted molar refractivity (Wildman–Crippen MR) is 109 cm³/mol. The van der Waals surface area contributed by atoms with Crippen molar-refractivity contribution in [2.24, 2.45) is 0 Å². The largest absolute Gasteiger partial charge is 0.355 e. The summed E-state index contributed by atoms with van der Waals surface area (Å²) in [5.41, 5.74) is 6.69. The molecule has 2 aromatic carbocycles. The van der Waals surface area contributed by atoms with E-state index in [0.29, 0.717) is 10.0 Å². The van der Waals surface area contributed by atoms with Crippen molar-refractivity contribution >= 4 is 74.5 Å². The van der Waals surface area contributed by atoms with E-state index in [0.717, 1.165) is 22.3 Å². The molecule has 0 aliphatic heterocycles. The first kappa shape index (κ1) is 17.4. The van der Waals surface area contributed by atoms with Crippen LogP contribution in [0.3, 0.4) is 0 Å². The van der Waals surface area contributed by atoms with Crippen LogP contribution in [0, 0.1) is 0 Å². The van der Waals surface area contributed by atoms with Crippen molar-refractivity contribution in [2.45, 2.75) is 26.2 Å². The van der Waals surface area contributed by atoms with Crippen molar-refractivity contribution in [2.75, 3.05) is 5.32 Å².